The van der Waals surface area contributed by atoms with E-state index in [-0.39, 0.29) is 5.75 Å². The monoisotopic (exact) mass is 182 g/mol. The lowest BCUT2D eigenvalue weighted by atomic mass is 10.5. The van der Waals surface area contributed by atoms with E-state index < -0.39 is 10.0 Å². The number of nitrogens with zero attached hydrogens (tertiary/aromatic N) is 1. The van der Waals surface area contributed by atoms with Crippen LogP contribution in [-0.4, -0.2) is 39.9 Å². The van der Waals surface area contributed by atoms with Crippen molar-refractivity contribution >= 4 is 10.0 Å². The first-order valence-corrected chi connectivity index (χ1v) is 4.93. The second-order valence-corrected chi connectivity index (χ2v) is 3.99. The van der Waals surface area contributed by atoms with E-state index in [1.165, 1.54) is 7.11 Å². The van der Waals surface area contributed by atoms with Crippen molar-refractivity contribution in [3.8, 4) is 0 Å². The second kappa shape index (κ2) is 4.66. The lowest BCUT2D eigenvalue weighted by Gasteiger charge is -2.11. The van der Waals surface area contributed by atoms with Gasteiger partial charge in [-0.1, -0.05) is 0 Å². The highest BCUT2D eigenvalue weighted by Crippen LogP contribution is 1.89. The molecule has 0 radical (unpaired) electrons. The molecule has 0 fully saturated rings. The van der Waals surface area contributed by atoms with Gasteiger partial charge in [-0.15, -0.1) is 0 Å². The summed E-state index contributed by atoms with van der Waals surface area (Å²) in [6.07, 6.45) is 0.489. The van der Waals surface area contributed by atoms with Crippen LogP contribution in [0.5, 0.6) is 0 Å². The minimum atomic E-state index is -3.31. The third-order valence-electron chi connectivity index (χ3n) is 1.21. The van der Waals surface area contributed by atoms with Gasteiger partial charge in [-0.05, 0) is 6.42 Å². The Morgan fingerprint density at radius 2 is 2.09 bits per heavy atom. The van der Waals surface area contributed by atoms with Crippen LogP contribution < -0.4 is 5.14 Å². The summed E-state index contributed by atoms with van der Waals surface area (Å²) in [5, 5.41) is 6.32. The third kappa shape index (κ3) is 7.73. The number of sulfonamides is 1. The minimum Gasteiger partial charge on any atom is -0.303 e. The van der Waals surface area contributed by atoms with Gasteiger partial charge in [0.2, 0.25) is 10.0 Å². The predicted octanol–water partition coefficient (Wildman–Crippen LogP) is -0.842. The zero-order valence-electron chi connectivity index (χ0n) is 6.78. The van der Waals surface area contributed by atoms with Crippen LogP contribution in [0.25, 0.3) is 0 Å². The Bertz CT molecular complexity index is 190. The Hall–Kier alpha value is -0.170. The molecule has 68 valence electrons. The van der Waals surface area contributed by atoms with Crippen LogP contribution in [0.3, 0.4) is 0 Å². The lowest BCUT2D eigenvalue weighted by Crippen LogP contribution is -2.23. The minimum absolute atomic E-state index is 0.000694. The molecule has 0 aliphatic rings. The van der Waals surface area contributed by atoms with Crippen molar-refractivity contribution in [3.63, 3.8) is 0 Å². The van der Waals surface area contributed by atoms with Gasteiger partial charge in [-0.3, -0.25) is 0 Å². The van der Waals surface area contributed by atoms with Crippen LogP contribution in [0.4, 0.5) is 0 Å². The van der Waals surface area contributed by atoms with E-state index in [1.807, 2.05) is 0 Å². The van der Waals surface area contributed by atoms with E-state index in [9.17, 15) is 8.42 Å². The van der Waals surface area contributed by atoms with Crippen LogP contribution in [0, 0.1) is 0 Å². The SMILES string of the molecule is CON(C)CCCS(N)(=O)=O. The molecule has 0 unspecified atom stereocenters. The summed E-state index contributed by atoms with van der Waals surface area (Å²) in [6, 6.07) is 0. The van der Waals surface area contributed by atoms with E-state index >= 15 is 0 Å². The molecule has 0 rings (SSSR count). The summed E-state index contributed by atoms with van der Waals surface area (Å²) < 4.78 is 20.8. The molecular formula is C5H14N2O3S. The van der Waals surface area contributed by atoms with Crippen LogP contribution in [-0.2, 0) is 14.9 Å². The predicted molar refractivity (Wildman–Crippen MR) is 42.2 cm³/mol. The maximum atomic E-state index is 10.4. The second-order valence-electron chi connectivity index (χ2n) is 2.25. The van der Waals surface area contributed by atoms with Gasteiger partial charge in [0, 0.05) is 13.6 Å². The maximum absolute atomic E-state index is 10.4. The molecule has 0 saturated heterocycles. The molecular weight excluding hydrogens is 168 g/mol. The molecule has 0 saturated carbocycles. The van der Waals surface area contributed by atoms with Gasteiger partial charge in [-0.25, -0.2) is 13.6 Å². The number of hydroxylamine groups is 2. The highest BCUT2D eigenvalue weighted by molar-refractivity contribution is 7.89. The standard InChI is InChI=1S/C5H14N2O3S/c1-7(10-2)4-3-5-11(6,8)9/h3-5H2,1-2H3,(H2,6,8,9). The first-order chi connectivity index (χ1) is 4.95. The number of hydrogen-bond acceptors (Lipinski definition) is 4. The molecule has 6 heteroatoms. The first kappa shape index (κ1) is 10.8. The highest BCUT2D eigenvalue weighted by atomic mass is 32.2. The van der Waals surface area contributed by atoms with E-state index in [2.05, 4.69) is 0 Å². The van der Waals surface area contributed by atoms with Gasteiger partial charge in [-0.2, -0.15) is 5.06 Å². The van der Waals surface area contributed by atoms with Gasteiger partial charge >= 0.3 is 0 Å². The smallest absolute Gasteiger partial charge is 0.209 e. The topological polar surface area (TPSA) is 72.6 Å². The Kier molecular flexibility index (Phi) is 4.58. The van der Waals surface area contributed by atoms with E-state index in [0.29, 0.717) is 13.0 Å². The van der Waals surface area contributed by atoms with Gasteiger partial charge in [0.15, 0.2) is 0 Å². The Balaban J connectivity index is 3.43. The third-order valence-corrected chi connectivity index (χ3v) is 2.07. The van der Waals surface area contributed by atoms with Crippen molar-refractivity contribution < 1.29 is 13.3 Å². The quantitative estimate of drug-likeness (QED) is 0.563. The van der Waals surface area contributed by atoms with Gasteiger partial charge in [0.25, 0.3) is 0 Å². The van der Waals surface area contributed by atoms with Gasteiger partial charge < -0.3 is 4.84 Å². The summed E-state index contributed by atoms with van der Waals surface area (Å²) in [5.74, 6) is 0.000694. The summed E-state index contributed by atoms with van der Waals surface area (Å²) in [7, 11) is -0.0602. The van der Waals surface area contributed by atoms with Crippen molar-refractivity contribution in [1.82, 2.24) is 5.06 Å². The van der Waals surface area contributed by atoms with Crippen molar-refractivity contribution in [1.29, 1.82) is 0 Å². The fraction of sp³-hybridized carbons (Fsp3) is 1.00. The van der Waals surface area contributed by atoms with Crippen LogP contribution in [0.15, 0.2) is 0 Å². The molecule has 0 aromatic rings. The van der Waals surface area contributed by atoms with E-state index in [1.54, 1.807) is 12.1 Å². The molecule has 0 aromatic carbocycles. The summed E-state index contributed by atoms with van der Waals surface area (Å²) in [6.45, 7) is 0.562. The fourth-order valence-corrected chi connectivity index (χ4v) is 1.11. The molecule has 0 spiro atoms. The summed E-state index contributed by atoms with van der Waals surface area (Å²) in [4.78, 5) is 4.76. The number of primary sulfonamides is 1. The molecule has 0 amide bonds. The van der Waals surface area contributed by atoms with E-state index in [0.717, 1.165) is 0 Å². The molecule has 5 nitrogen and oxygen atoms in total. The number of hydrogen-bond donors (Lipinski definition) is 1. The molecule has 0 aliphatic heterocycles. The maximum Gasteiger partial charge on any atom is 0.209 e. The molecule has 0 bridgehead atoms. The zero-order chi connectivity index (χ0) is 8.91. The average molecular weight is 182 g/mol. The molecule has 2 N–H and O–H groups in total. The molecule has 0 aliphatic carbocycles. The fourth-order valence-electron chi connectivity index (χ4n) is 0.580. The van der Waals surface area contributed by atoms with Crippen molar-refractivity contribution in [2.45, 2.75) is 6.42 Å². The van der Waals surface area contributed by atoms with Crippen molar-refractivity contribution in [2.75, 3.05) is 26.5 Å². The van der Waals surface area contributed by atoms with Crippen LogP contribution in [0.2, 0.25) is 0 Å². The summed E-state index contributed by atoms with van der Waals surface area (Å²) in [5.41, 5.74) is 0. The zero-order valence-corrected chi connectivity index (χ0v) is 7.60. The molecule has 11 heavy (non-hydrogen) atoms. The van der Waals surface area contributed by atoms with Gasteiger partial charge in [0.05, 0.1) is 12.9 Å². The normalized spacial score (nSPS) is 12.4. The van der Waals surface area contributed by atoms with Crippen LogP contribution in [0.1, 0.15) is 6.42 Å². The average Bonchev–Trinajstić information content (AvgIpc) is 1.85. The largest absolute Gasteiger partial charge is 0.303 e. The Morgan fingerprint density at radius 3 is 2.45 bits per heavy atom. The molecule has 0 heterocycles. The number of rotatable bonds is 5. The summed E-state index contributed by atoms with van der Waals surface area (Å²) >= 11 is 0. The first-order valence-electron chi connectivity index (χ1n) is 3.21. The molecule has 0 atom stereocenters. The van der Waals surface area contributed by atoms with Crippen LogP contribution >= 0.6 is 0 Å². The van der Waals surface area contributed by atoms with E-state index in [4.69, 9.17) is 9.98 Å². The Labute approximate surface area is 67.1 Å². The lowest BCUT2D eigenvalue weighted by molar-refractivity contribution is -0.108. The highest BCUT2D eigenvalue weighted by Gasteiger charge is 2.02. The van der Waals surface area contributed by atoms with Crippen molar-refractivity contribution in [3.05, 3.63) is 0 Å². The van der Waals surface area contributed by atoms with Gasteiger partial charge in [0.1, 0.15) is 0 Å². The molecule has 0 aromatic heterocycles. The van der Waals surface area contributed by atoms with Crippen molar-refractivity contribution in [2.24, 2.45) is 5.14 Å². The number of nitrogens with two attached hydrogens (primary N) is 1. The Morgan fingerprint density at radius 1 is 1.55 bits per heavy atom.